The van der Waals surface area contributed by atoms with Crippen LogP contribution in [0.1, 0.15) is 33.3 Å². The minimum Gasteiger partial charge on any atom is -0.741 e. The van der Waals surface area contributed by atoms with Crippen molar-refractivity contribution in [3.8, 4) is 0 Å². The monoisotopic (exact) mass is 587 g/mol. The Morgan fingerprint density at radius 3 is 1.68 bits per heavy atom. The maximum absolute atomic E-state index is 14.2. The summed E-state index contributed by atoms with van der Waals surface area (Å²) in [5.74, 6) is -11.9. The van der Waals surface area contributed by atoms with Gasteiger partial charge in [-0.3, -0.25) is 0 Å². The van der Waals surface area contributed by atoms with Gasteiger partial charge in [0.2, 0.25) is 5.82 Å². The molecule has 0 heterocycles. The molecule has 38 heavy (non-hydrogen) atoms. The second kappa shape index (κ2) is 12.8. The zero-order valence-corrected chi connectivity index (χ0v) is 21.6. The molecule has 0 aromatic heterocycles. The van der Waals surface area contributed by atoms with Crippen molar-refractivity contribution in [1.82, 2.24) is 0 Å². The number of hydrogen-bond donors (Lipinski definition) is 0. The number of alkyl halides is 3. The maximum Gasteiger partial charge on any atom is 0.485 e. The molecule has 218 valence electrons. The van der Waals surface area contributed by atoms with Crippen molar-refractivity contribution < 1.29 is 71.6 Å². The van der Waals surface area contributed by atoms with Gasteiger partial charge in [0.25, 0.3) is 0 Å². The summed E-state index contributed by atoms with van der Waals surface area (Å²) < 4.78 is 137. The van der Waals surface area contributed by atoms with Gasteiger partial charge in [-0.05, 0) is 27.7 Å². The molecular weight excluding hydrogens is 562 g/mol. The van der Waals surface area contributed by atoms with E-state index in [0.717, 1.165) is 0 Å². The number of halogens is 8. The smallest absolute Gasteiger partial charge is 0.485 e. The average Bonchev–Trinajstić information content (AvgIpc) is 2.71. The lowest BCUT2D eigenvalue weighted by atomic mass is 10.1. The van der Waals surface area contributed by atoms with Gasteiger partial charge in [0.1, 0.15) is 25.3 Å². The quantitative estimate of drug-likeness (QED) is 0.0665. The van der Waals surface area contributed by atoms with Crippen LogP contribution >= 0.6 is 0 Å². The maximum atomic E-state index is 14.2. The second-order valence-corrected chi connectivity index (χ2v) is 10.5. The molecule has 0 aliphatic heterocycles. The first kappa shape index (κ1) is 35.2. The molecule has 8 nitrogen and oxygen atoms in total. The molecule has 17 heteroatoms. The second-order valence-electron chi connectivity index (χ2n) is 9.11. The molecule has 0 saturated carbocycles. The largest absolute Gasteiger partial charge is 0.741 e. The van der Waals surface area contributed by atoms with Crippen molar-refractivity contribution in [3.63, 3.8) is 0 Å². The van der Waals surface area contributed by atoms with Gasteiger partial charge in [0.15, 0.2) is 39.9 Å². The van der Waals surface area contributed by atoms with Crippen molar-refractivity contribution in [2.45, 2.75) is 45.3 Å². The highest BCUT2D eigenvalue weighted by Crippen LogP contribution is 2.26. The van der Waals surface area contributed by atoms with E-state index in [1.807, 2.05) is 0 Å². The first-order valence-electron chi connectivity index (χ1n) is 10.2. The van der Waals surface area contributed by atoms with Gasteiger partial charge in [-0.15, -0.1) is 0 Å². The summed E-state index contributed by atoms with van der Waals surface area (Å²) >= 11 is 0. The van der Waals surface area contributed by atoms with Crippen LogP contribution in [0.5, 0.6) is 0 Å². The number of ether oxygens (including phenoxy) is 2. The third kappa shape index (κ3) is 10.9. The Bertz CT molecular complexity index is 1130. The van der Waals surface area contributed by atoms with Gasteiger partial charge >= 0.3 is 17.4 Å². The molecule has 0 amide bonds. The Hall–Kier alpha value is -2.79. The summed E-state index contributed by atoms with van der Waals surface area (Å²) in [5.41, 5.74) is -7.48. The Kier molecular flexibility index (Phi) is 11.9. The minimum atomic E-state index is -6.09. The van der Waals surface area contributed by atoms with Crippen LogP contribution in [-0.2, 0) is 35.7 Å². The van der Waals surface area contributed by atoms with E-state index in [0.29, 0.717) is 0 Å². The zero-order valence-electron chi connectivity index (χ0n) is 20.8. The first-order chi connectivity index (χ1) is 16.8. The van der Waals surface area contributed by atoms with Crippen LogP contribution in [0.15, 0.2) is 12.2 Å². The zero-order chi connectivity index (χ0) is 30.4. The minimum absolute atomic E-state index is 0.108. The van der Waals surface area contributed by atoms with E-state index >= 15 is 0 Å². The van der Waals surface area contributed by atoms with E-state index in [-0.39, 0.29) is 18.7 Å². The highest BCUT2D eigenvalue weighted by atomic mass is 32.2. The molecule has 0 aliphatic rings. The Labute approximate surface area is 213 Å². The van der Waals surface area contributed by atoms with Crippen LogP contribution in [0, 0.1) is 29.1 Å². The van der Waals surface area contributed by atoms with Crippen LogP contribution in [-0.4, -0.2) is 67.2 Å². The number of likely N-dealkylation sites (N-methyl/N-ethyl adjacent to an activating group) is 1. The van der Waals surface area contributed by atoms with Gasteiger partial charge < -0.3 is 18.5 Å². The van der Waals surface area contributed by atoms with E-state index < -0.39 is 85.4 Å². The molecule has 1 rings (SSSR count). The van der Waals surface area contributed by atoms with E-state index in [1.54, 1.807) is 20.8 Å². The number of carbonyl (C=O) groups is 2. The highest BCUT2D eigenvalue weighted by Gasteiger charge is 2.37. The molecule has 0 N–H and O–H groups in total. The lowest BCUT2D eigenvalue weighted by Crippen LogP contribution is -2.50. The molecule has 1 atom stereocenters. The van der Waals surface area contributed by atoms with Crippen LogP contribution in [0.3, 0.4) is 0 Å². The number of quaternary nitrogens is 1. The summed E-state index contributed by atoms with van der Waals surface area (Å²) in [6.07, 6.45) is 0. The fourth-order valence-electron chi connectivity index (χ4n) is 2.55. The fourth-order valence-corrected chi connectivity index (χ4v) is 2.55. The van der Waals surface area contributed by atoms with Crippen molar-refractivity contribution in [2.75, 3.05) is 26.7 Å². The third-order valence-corrected chi connectivity index (χ3v) is 4.83. The molecule has 1 aromatic carbocycles. The van der Waals surface area contributed by atoms with Crippen LogP contribution in [0.4, 0.5) is 35.1 Å². The standard InChI is InChI=1S/C20H25F5NO4.CHF3O3S/c1-11(2)19(28)29-8-7-26(6,10-13(27)30-20(3,4)5)9-12-14(21)16(23)18(25)17(24)15(12)22;2-1(3,4)8(5,6)7/h1,7-10H2,2-6H3;(H,5,6,7)/q+1;/p-1. The average molecular weight is 587 g/mol. The number of carbonyl (C=O) groups excluding carboxylic acids is 2. The van der Waals surface area contributed by atoms with E-state index in [4.69, 9.17) is 22.4 Å². The van der Waals surface area contributed by atoms with Gasteiger partial charge in [0.05, 0.1) is 12.6 Å². The van der Waals surface area contributed by atoms with Gasteiger partial charge in [-0.1, -0.05) is 6.58 Å². The lowest BCUT2D eigenvalue weighted by molar-refractivity contribution is -0.916. The summed E-state index contributed by atoms with van der Waals surface area (Å²) in [7, 11) is -4.75. The van der Waals surface area contributed by atoms with Crippen LogP contribution in [0.25, 0.3) is 0 Å². The van der Waals surface area contributed by atoms with Crippen molar-refractivity contribution >= 4 is 22.1 Å². The van der Waals surface area contributed by atoms with Gasteiger partial charge in [-0.25, -0.2) is 40.0 Å². The van der Waals surface area contributed by atoms with Gasteiger partial charge in [0, 0.05) is 5.57 Å². The van der Waals surface area contributed by atoms with Crippen molar-refractivity contribution in [2.24, 2.45) is 0 Å². The first-order valence-corrected chi connectivity index (χ1v) is 11.6. The lowest BCUT2D eigenvalue weighted by Gasteiger charge is -2.34. The Morgan fingerprint density at radius 2 is 1.34 bits per heavy atom. The Morgan fingerprint density at radius 1 is 0.947 bits per heavy atom. The van der Waals surface area contributed by atoms with E-state index in [1.165, 1.54) is 14.0 Å². The number of hydrogen-bond acceptors (Lipinski definition) is 7. The van der Waals surface area contributed by atoms with Crippen LogP contribution in [0.2, 0.25) is 0 Å². The van der Waals surface area contributed by atoms with Crippen molar-refractivity contribution in [3.05, 3.63) is 46.8 Å². The number of esters is 2. The van der Waals surface area contributed by atoms with Crippen molar-refractivity contribution in [1.29, 1.82) is 0 Å². The summed E-state index contributed by atoms with van der Waals surface area (Å²) in [6, 6.07) is 0. The van der Waals surface area contributed by atoms with Gasteiger partial charge in [-0.2, -0.15) is 13.2 Å². The summed E-state index contributed by atoms with van der Waals surface area (Å²) in [4.78, 5) is 23.8. The fraction of sp³-hybridized carbons (Fsp3) is 0.524. The summed E-state index contributed by atoms with van der Waals surface area (Å²) in [5, 5.41) is 0. The highest BCUT2D eigenvalue weighted by molar-refractivity contribution is 7.86. The van der Waals surface area contributed by atoms with E-state index in [9.17, 15) is 44.7 Å². The molecular formula is C21H25F8NO7S. The SMILES string of the molecule is C=C(C)C(=O)OCC[N+](C)(CC(=O)OC(C)(C)C)Cc1c(F)c(F)c(F)c(F)c1F.O=S(=O)([O-])C(F)(F)F. The number of nitrogens with zero attached hydrogens (tertiary/aromatic N) is 1. The normalized spacial score (nSPS) is 13.6. The number of rotatable bonds is 8. The van der Waals surface area contributed by atoms with Crippen LogP contribution < -0.4 is 0 Å². The molecule has 0 saturated heterocycles. The third-order valence-electron chi connectivity index (χ3n) is 4.27. The van der Waals surface area contributed by atoms with E-state index in [2.05, 4.69) is 6.58 Å². The molecule has 0 aliphatic carbocycles. The predicted molar refractivity (Wildman–Crippen MR) is 113 cm³/mol. The molecule has 1 unspecified atom stereocenters. The molecule has 0 fully saturated rings. The molecule has 0 bridgehead atoms. The molecule has 0 radical (unpaired) electrons. The molecule has 0 spiro atoms. The number of benzene rings is 1. The topological polar surface area (TPSA) is 110 Å². The Balaban J connectivity index is 0.00000147. The predicted octanol–water partition coefficient (Wildman–Crippen LogP) is 3.84. The molecule has 1 aromatic rings. The summed E-state index contributed by atoms with van der Waals surface area (Å²) in [6.45, 7) is 7.96.